The summed E-state index contributed by atoms with van der Waals surface area (Å²) < 4.78 is 16.2. The van der Waals surface area contributed by atoms with Crippen molar-refractivity contribution < 1.29 is 19.0 Å². The molecule has 0 saturated heterocycles. The van der Waals surface area contributed by atoms with Gasteiger partial charge in [-0.15, -0.1) is 0 Å². The minimum Gasteiger partial charge on any atom is -0.495 e. The van der Waals surface area contributed by atoms with E-state index in [0.717, 1.165) is 5.69 Å². The summed E-state index contributed by atoms with van der Waals surface area (Å²) in [5.74, 6) is 0.459. The van der Waals surface area contributed by atoms with Gasteiger partial charge < -0.3 is 19.5 Å². The second kappa shape index (κ2) is 6.90. The molecule has 1 aliphatic rings. The number of ether oxygens (including phenoxy) is 3. The second-order valence-electron chi connectivity index (χ2n) is 5.32. The molecule has 6 nitrogen and oxygen atoms in total. The molecule has 1 amide bonds. The summed E-state index contributed by atoms with van der Waals surface area (Å²) in [5, 5.41) is 3.33. The van der Waals surface area contributed by atoms with Crippen LogP contribution in [0.15, 0.2) is 48.5 Å². The summed E-state index contributed by atoms with van der Waals surface area (Å²) in [7, 11) is 4.66. The molecule has 0 aromatic heterocycles. The van der Waals surface area contributed by atoms with Gasteiger partial charge in [-0.2, -0.15) is 0 Å². The van der Waals surface area contributed by atoms with E-state index < -0.39 is 12.5 Å². The fraction of sp³-hybridized carbons (Fsp3) is 0.278. The molecule has 24 heavy (non-hydrogen) atoms. The summed E-state index contributed by atoms with van der Waals surface area (Å²) >= 11 is 0. The van der Waals surface area contributed by atoms with Crippen LogP contribution in [0.1, 0.15) is 10.4 Å². The maximum atomic E-state index is 13.2. The van der Waals surface area contributed by atoms with Crippen LogP contribution in [-0.4, -0.2) is 39.7 Å². The fourth-order valence-corrected chi connectivity index (χ4v) is 2.91. The number of carbonyl (C=O) groups excluding carboxylic acids is 1. The number of para-hydroxylation sites is 3. The van der Waals surface area contributed by atoms with Gasteiger partial charge in [0.25, 0.3) is 5.91 Å². The van der Waals surface area contributed by atoms with Gasteiger partial charge in [-0.1, -0.05) is 24.3 Å². The van der Waals surface area contributed by atoms with Gasteiger partial charge in [0.05, 0.1) is 18.4 Å². The van der Waals surface area contributed by atoms with Crippen molar-refractivity contribution in [2.24, 2.45) is 0 Å². The Morgan fingerprint density at radius 3 is 2.38 bits per heavy atom. The number of nitrogens with zero attached hydrogens (tertiary/aromatic N) is 1. The molecule has 2 aromatic rings. The van der Waals surface area contributed by atoms with Crippen LogP contribution in [0.4, 0.5) is 11.4 Å². The normalized spacial score (nSPS) is 16.8. The van der Waals surface area contributed by atoms with Gasteiger partial charge >= 0.3 is 0 Å². The molecule has 1 heterocycles. The van der Waals surface area contributed by atoms with E-state index in [1.807, 2.05) is 42.5 Å². The SMILES string of the molecule is COc1ccccc1N1C(=O)c2ccccc2N[C@H]1C(OC)OC. The average molecular weight is 328 g/mol. The summed E-state index contributed by atoms with van der Waals surface area (Å²) in [6.45, 7) is 0. The first-order chi connectivity index (χ1) is 11.7. The summed E-state index contributed by atoms with van der Waals surface area (Å²) in [4.78, 5) is 14.8. The molecule has 0 saturated carbocycles. The van der Waals surface area contributed by atoms with Crippen LogP contribution in [0.2, 0.25) is 0 Å². The molecule has 0 spiro atoms. The zero-order chi connectivity index (χ0) is 17.1. The van der Waals surface area contributed by atoms with Crippen LogP contribution in [0, 0.1) is 0 Å². The molecule has 126 valence electrons. The average Bonchev–Trinajstić information content (AvgIpc) is 2.63. The Kier molecular flexibility index (Phi) is 4.69. The Hall–Kier alpha value is -2.57. The Labute approximate surface area is 140 Å². The minimum absolute atomic E-state index is 0.141. The zero-order valence-electron chi connectivity index (χ0n) is 13.9. The largest absolute Gasteiger partial charge is 0.495 e. The highest BCUT2D eigenvalue weighted by Crippen LogP contribution is 2.36. The van der Waals surface area contributed by atoms with Crippen molar-refractivity contribution in [1.29, 1.82) is 0 Å². The van der Waals surface area contributed by atoms with E-state index in [2.05, 4.69) is 5.32 Å². The van der Waals surface area contributed by atoms with Crippen LogP contribution in [-0.2, 0) is 9.47 Å². The van der Waals surface area contributed by atoms with Gasteiger partial charge in [0.2, 0.25) is 0 Å². The van der Waals surface area contributed by atoms with E-state index in [1.54, 1.807) is 32.3 Å². The number of methoxy groups -OCH3 is 3. The second-order valence-corrected chi connectivity index (χ2v) is 5.32. The summed E-state index contributed by atoms with van der Waals surface area (Å²) in [6.07, 6.45) is -1.18. The highest BCUT2D eigenvalue weighted by atomic mass is 16.7. The molecule has 0 bridgehead atoms. The van der Waals surface area contributed by atoms with Crippen molar-refractivity contribution >= 4 is 17.3 Å². The number of anilines is 2. The molecule has 0 fully saturated rings. The number of nitrogens with one attached hydrogen (secondary N) is 1. The van der Waals surface area contributed by atoms with Crippen LogP contribution in [0.25, 0.3) is 0 Å². The van der Waals surface area contributed by atoms with E-state index in [1.165, 1.54) is 0 Å². The quantitative estimate of drug-likeness (QED) is 0.855. The molecule has 1 N–H and O–H groups in total. The molecule has 1 atom stereocenters. The Balaban J connectivity index is 2.13. The predicted molar refractivity (Wildman–Crippen MR) is 91.5 cm³/mol. The van der Waals surface area contributed by atoms with Crippen LogP contribution in [0.3, 0.4) is 0 Å². The molecule has 3 rings (SSSR count). The van der Waals surface area contributed by atoms with E-state index in [4.69, 9.17) is 14.2 Å². The first-order valence-corrected chi connectivity index (χ1v) is 7.59. The summed E-state index contributed by atoms with van der Waals surface area (Å²) in [5.41, 5.74) is 1.99. The molecule has 0 unspecified atom stereocenters. The molecular weight excluding hydrogens is 308 g/mol. The van der Waals surface area contributed by atoms with E-state index in [-0.39, 0.29) is 5.91 Å². The third-order valence-corrected chi connectivity index (χ3v) is 4.02. The van der Waals surface area contributed by atoms with Crippen molar-refractivity contribution in [3.8, 4) is 5.75 Å². The van der Waals surface area contributed by atoms with E-state index >= 15 is 0 Å². The van der Waals surface area contributed by atoms with E-state index in [9.17, 15) is 4.79 Å². The van der Waals surface area contributed by atoms with Crippen molar-refractivity contribution in [3.63, 3.8) is 0 Å². The molecule has 0 radical (unpaired) electrons. The first-order valence-electron chi connectivity index (χ1n) is 7.59. The lowest BCUT2D eigenvalue weighted by Gasteiger charge is -2.40. The lowest BCUT2D eigenvalue weighted by molar-refractivity contribution is -0.111. The number of fused-ring (bicyclic) bond motifs is 1. The number of rotatable bonds is 5. The zero-order valence-corrected chi connectivity index (χ0v) is 13.9. The molecular formula is C18H20N2O4. The number of hydrogen-bond acceptors (Lipinski definition) is 5. The van der Waals surface area contributed by atoms with Gasteiger partial charge in [0, 0.05) is 19.9 Å². The van der Waals surface area contributed by atoms with Gasteiger partial charge in [-0.3, -0.25) is 9.69 Å². The lowest BCUT2D eigenvalue weighted by atomic mass is 10.1. The number of benzene rings is 2. The Morgan fingerprint density at radius 1 is 1.00 bits per heavy atom. The van der Waals surface area contributed by atoms with Crippen LogP contribution < -0.4 is 15.0 Å². The lowest BCUT2D eigenvalue weighted by Crippen LogP contribution is -2.56. The third-order valence-electron chi connectivity index (χ3n) is 4.02. The maximum Gasteiger partial charge on any atom is 0.262 e. The standard InChI is InChI=1S/C18H20N2O4/c1-22-15-11-7-6-10-14(15)20-16(18(23-2)24-3)19-13-9-5-4-8-12(13)17(20)21/h4-11,16,18-19H,1-3H3/t16-/m1/s1. The molecule has 0 aliphatic carbocycles. The van der Waals surface area contributed by atoms with Crippen molar-refractivity contribution in [1.82, 2.24) is 0 Å². The third kappa shape index (κ3) is 2.70. The first kappa shape index (κ1) is 16.3. The smallest absolute Gasteiger partial charge is 0.262 e. The highest BCUT2D eigenvalue weighted by molar-refractivity contribution is 6.12. The molecule has 1 aliphatic heterocycles. The van der Waals surface area contributed by atoms with Crippen LogP contribution in [0.5, 0.6) is 5.75 Å². The van der Waals surface area contributed by atoms with Crippen molar-refractivity contribution in [2.75, 3.05) is 31.5 Å². The number of carbonyl (C=O) groups is 1. The molecule has 6 heteroatoms. The van der Waals surface area contributed by atoms with Crippen molar-refractivity contribution in [2.45, 2.75) is 12.5 Å². The predicted octanol–water partition coefficient (Wildman–Crippen LogP) is 2.71. The Bertz CT molecular complexity index is 730. The monoisotopic (exact) mass is 328 g/mol. The summed E-state index contributed by atoms with van der Waals surface area (Å²) in [6, 6.07) is 14.7. The van der Waals surface area contributed by atoms with Gasteiger partial charge in [0.15, 0.2) is 12.5 Å². The topological polar surface area (TPSA) is 60.0 Å². The maximum absolute atomic E-state index is 13.2. The van der Waals surface area contributed by atoms with Crippen molar-refractivity contribution in [3.05, 3.63) is 54.1 Å². The molecule has 2 aromatic carbocycles. The van der Waals surface area contributed by atoms with Gasteiger partial charge in [-0.25, -0.2) is 0 Å². The van der Waals surface area contributed by atoms with Crippen LogP contribution >= 0.6 is 0 Å². The van der Waals surface area contributed by atoms with E-state index in [0.29, 0.717) is 17.0 Å². The Morgan fingerprint density at radius 2 is 1.67 bits per heavy atom. The van der Waals surface area contributed by atoms with Gasteiger partial charge in [0.1, 0.15) is 5.75 Å². The number of amides is 1. The van der Waals surface area contributed by atoms with Gasteiger partial charge in [-0.05, 0) is 24.3 Å². The minimum atomic E-state index is -0.646. The highest BCUT2D eigenvalue weighted by Gasteiger charge is 2.39. The fourth-order valence-electron chi connectivity index (χ4n) is 2.91. The number of hydrogen-bond donors (Lipinski definition) is 1.